The van der Waals surface area contributed by atoms with E-state index in [0.29, 0.717) is 22.5 Å². The molecule has 30 heavy (non-hydrogen) atoms. The number of primary amides is 1. The predicted octanol–water partition coefficient (Wildman–Crippen LogP) is 3.91. The number of carbonyl (C=O) groups is 3. The summed E-state index contributed by atoms with van der Waals surface area (Å²) < 4.78 is 12.9. The smallest absolute Gasteiger partial charge is 0.255 e. The highest BCUT2D eigenvalue weighted by Gasteiger charge is 2.08. The van der Waals surface area contributed by atoms with E-state index in [0.717, 1.165) is 4.90 Å². The molecule has 0 saturated carbocycles. The standard InChI is InChI=1S/C22H18FN3O3S/c23-16-5-1-15(2-6-16)22(29)26-18-9-11-19(12-10-18)30-13-20(27)25-17-7-3-14(4-8-17)21(24)28/h1-12H,13H2,(H2,24,28)(H,25,27)(H,26,29). The molecule has 4 N–H and O–H groups in total. The first-order chi connectivity index (χ1) is 14.4. The van der Waals surface area contributed by atoms with E-state index >= 15 is 0 Å². The van der Waals surface area contributed by atoms with Crippen LogP contribution in [0.1, 0.15) is 20.7 Å². The number of nitrogens with two attached hydrogens (primary N) is 1. The third-order valence-corrected chi connectivity index (χ3v) is 5.05. The molecule has 0 saturated heterocycles. The first-order valence-corrected chi connectivity index (χ1v) is 9.89. The van der Waals surface area contributed by atoms with Gasteiger partial charge < -0.3 is 16.4 Å². The average Bonchev–Trinajstić information content (AvgIpc) is 2.74. The van der Waals surface area contributed by atoms with Crippen LogP contribution < -0.4 is 16.4 Å². The van der Waals surface area contributed by atoms with Crippen molar-refractivity contribution in [2.75, 3.05) is 16.4 Å². The van der Waals surface area contributed by atoms with E-state index in [9.17, 15) is 18.8 Å². The molecule has 0 aliphatic heterocycles. The Hall–Kier alpha value is -3.65. The van der Waals surface area contributed by atoms with Gasteiger partial charge in [0.25, 0.3) is 5.91 Å². The summed E-state index contributed by atoms with van der Waals surface area (Å²) in [5, 5.41) is 5.47. The number of halogens is 1. The summed E-state index contributed by atoms with van der Waals surface area (Å²) in [7, 11) is 0. The van der Waals surface area contributed by atoms with E-state index in [2.05, 4.69) is 10.6 Å². The fourth-order valence-electron chi connectivity index (χ4n) is 2.50. The zero-order valence-corrected chi connectivity index (χ0v) is 16.5. The Kier molecular flexibility index (Phi) is 6.82. The predicted molar refractivity (Wildman–Crippen MR) is 115 cm³/mol. The topological polar surface area (TPSA) is 101 Å². The molecule has 0 bridgehead atoms. The molecule has 3 aromatic rings. The molecule has 0 aromatic heterocycles. The van der Waals surface area contributed by atoms with Crippen LogP contribution in [0.25, 0.3) is 0 Å². The van der Waals surface area contributed by atoms with Crippen LogP contribution in [0.15, 0.2) is 77.7 Å². The molecule has 3 rings (SSSR count). The zero-order chi connectivity index (χ0) is 21.5. The summed E-state index contributed by atoms with van der Waals surface area (Å²) in [6.45, 7) is 0. The Morgan fingerprint density at radius 2 is 1.30 bits per heavy atom. The Morgan fingerprint density at radius 1 is 0.767 bits per heavy atom. The molecule has 3 amide bonds. The number of nitrogens with one attached hydrogen (secondary N) is 2. The fourth-order valence-corrected chi connectivity index (χ4v) is 3.20. The van der Waals surface area contributed by atoms with Gasteiger partial charge in [-0.25, -0.2) is 4.39 Å². The van der Waals surface area contributed by atoms with E-state index in [-0.39, 0.29) is 17.6 Å². The average molecular weight is 423 g/mol. The van der Waals surface area contributed by atoms with Gasteiger partial charge in [-0.15, -0.1) is 11.8 Å². The Morgan fingerprint density at radius 3 is 1.90 bits per heavy atom. The highest BCUT2D eigenvalue weighted by atomic mass is 32.2. The van der Waals surface area contributed by atoms with Crippen molar-refractivity contribution in [1.29, 1.82) is 0 Å². The summed E-state index contributed by atoms with van der Waals surface area (Å²) in [6.07, 6.45) is 0. The molecular weight excluding hydrogens is 405 g/mol. The van der Waals surface area contributed by atoms with Crippen molar-refractivity contribution < 1.29 is 18.8 Å². The molecule has 3 aromatic carbocycles. The van der Waals surface area contributed by atoms with Crippen LogP contribution >= 0.6 is 11.8 Å². The van der Waals surface area contributed by atoms with Gasteiger partial charge in [0, 0.05) is 27.4 Å². The van der Waals surface area contributed by atoms with Gasteiger partial charge in [-0.3, -0.25) is 14.4 Å². The Balaban J connectivity index is 1.49. The maximum atomic E-state index is 12.9. The van der Waals surface area contributed by atoms with Crippen molar-refractivity contribution in [3.63, 3.8) is 0 Å². The van der Waals surface area contributed by atoms with Gasteiger partial charge in [-0.05, 0) is 72.8 Å². The number of hydrogen-bond acceptors (Lipinski definition) is 4. The lowest BCUT2D eigenvalue weighted by Gasteiger charge is -2.08. The lowest BCUT2D eigenvalue weighted by atomic mass is 10.2. The Labute approximate surface area is 176 Å². The number of anilines is 2. The minimum absolute atomic E-state index is 0.193. The molecular formula is C22H18FN3O3S. The van der Waals surface area contributed by atoms with Gasteiger partial charge in [0.05, 0.1) is 5.75 Å². The maximum absolute atomic E-state index is 12.9. The summed E-state index contributed by atoms with van der Waals surface area (Å²) in [4.78, 5) is 36.1. The third-order valence-electron chi connectivity index (χ3n) is 4.04. The second kappa shape index (κ2) is 9.71. The number of amides is 3. The second-order valence-corrected chi connectivity index (χ2v) is 7.31. The number of carbonyl (C=O) groups excluding carboxylic acids is 3. The summed E-state index contributed by atoms with van der Waals surface area (Å²) in [5.74, 6) is -1.27. The van der Waals surface area contributed by atoms with E-state index in [1.54, 1.807) is 48.5 Å². The summed E-state index contributed by atoms with van der Waals surface area (Å²) in [6, 6.07) is 18.6. The lowest BCUT2D eigenvalue weighted by Crippen LogP contribution is -2.15. The monoisotopic (exact) mass is 423 g/mol. The fraction of sp³-hybridized carbons (Fsp3) is 0.0455. The van der Waals surface area contributed by atoms with Crippen LogP contribution in [0.5, 0.6) is 0 Å². The second-order valence-electron chi connectivity index (χ2n) is 6.26. The van der Waals surface area contributed by atoms with Crippen molar-refractivity contribution >= 4 is 40.9 Å². The number of hydrogen-bond donors (Lipinski definition) is 3. The van der Waals surface area contributed by atoms with Crippen LogP contribution in [-0.4, -0.2) is 23.5 Å². The first kappa shape index (κ1) is 21.1. The van der Waals surface area contributed by atoms with Gasteiger partial charge in [0.1, 0.15) is 5.82 Å². The quantitative estimate of drug-likeness (QED) is 0.502. The van der Waals surface area contributed by atoms with Crippen molar-refractivity contribution in [2.45, 2.75) is 4.90 Å². The summed E-state index contributed by atoms with van der Waals surface area (Å²) >= 11 is 1.34. The van der Waals surface area contributed by atoms with Crippen molar-refractivity contribution in [3.8, 4) is 0 Å². The Bertz CT molecular complexity index is 1050. The van der Waals surface area contributed by atoms with Crippen LogP contribution in [0.4, 0.5) is 15.8 Å². The van der Waals surface area contributed by atoms with E-state index in [1.165, 1.54) is 36.0 Å². The van der Waals surface area contributed by atoms with E-state index < -0.39 is 11.7 Å². The molecule has 0 unspecified atom stereocenters. The summed E-state index contributed by atoms with van der Waals surface area (Å²) in [5.41, 5.74) is 7.07. The number of thioether (sulfide) groups is 1. The molecule has 0 atom stereocenters. The normalized spacial score (nSPS) is 10.3. The largest absolute Gasteiger partial charge is 0.366 e. The molecule has 6 nitrogen and oxygen atoms in total. The molecule has 0 aliphatic rings. The molecule has 0 spiro atoms. The van der Waals surface area contributed by atoms with Crippen molar-refractivity contribution in [1.82, 2.24) is 0 Å². The van der Waals surface area contributed by atoms with Crippen molar-refractivity contribution in [2.24, 2.45) is 5.73 Å². The minimum Gasteiger partial charge on any atom is -0.366 e. The lowest BCUT2D eigenvalue weighted by molar-refractivity contribution is -0.113. The van der Waals surface area contributed by atoms with E-state index in [1.807, 2.05) is 0 Å². The molecule has 0 aliphatic carbocycles. The molecule has 0 heterocycles. The van der Waals surface area contributed by atoms with Gasteiger partial charge >= 0.3 is 0 Å². The van der Waals surface area contributed by atoms with Crippen LogP contribution in [0.3, 0.4) is 0 Å². The highest BCUT2D eigenvalue weighted by Crippen LogP contribution is 2.21. The van der Waals surface area contributed by atoms with Crippen LogP contribution in [-0.2, 0) is 4.79 Å². The highest BCUT2D eigenvalue weighted by molar-refractivity contribution is 8.00. The third kappa shape index (κ3) is 5.92. The zero-order valence-electron chi connectivity index (χ0n) is 15.7. The minimum atomic E-state index is -0.527. The molecule has 0 radical (unpaired) electrons. The van der Waals surface area contributed by atoms with Crippen LogP contribution in [0.2, 0.25) is 0 Å². The number of benzene rings is 3. The SMILES string of the molecule is NC(=O)c1ccc(NC(=O)CSc2ccc(NC(=O)c3ccc(F)cc3)cc2)cc1. The first-order valence-electron chi connectivity index (χ1n) is 8.90. The van der Waals surface area contributed by atoms with Gasteiger partial charge in [-0.1, -0.05) is 0 Å². The van der Waals surface area contributed by atoms with E-state index in [4.69, 9.17) is 5.73 Å². The van der Waals surface area contributed by atoms with Crippen molar-refractivity contribution in [3.05, 3.63) is 89.7 Å². The molecule has 8 heteroatoms. The number of rotatable bonds is 7. The van der Waals surface area contributed by atoms with Crippen LogP contribution in [0, 0.1) is 5.82 Å². The van der Waals surface area contributed by atoms with Gasteiger partial charge in [0.15, 0.2) is 0 Å². The molecule has 0 fully saturated rings. The molecule has 152 valence electrons. The maximum Gasteiger partial charge on any atom is 0.255 e. The van der Waals surface area contributed by atoms with Gasteiger partial charge in [-0.2, -0.15) is 0 Å². The van der Waals surface area contributed by atoms with Gasteiger partial charge in [0.2, 0.25) is 11.8 Å².